The van der Waals surface area contributed by atoms with Gasteiger partial charge in [-0.3, -0.25) is 14.4 Å². The van der Waals surface area contributed by atoms with Gasteiger partial charge in [0.15, 0.2) is 6.10 Å². The topological polar surface area (TPSA) is 78.9 Å². The Kier molecular flexibility index (Phi) is 67.1. The molecule has 0 aliphatic rings. The molecule has 0 aromatic heterocycles. The summed E-state index contributed by atoms with van der Waals surface area (Å²) < 4.78 is 17.0. The minimum Gasteiger partial charge on any atom is -0.462 e. The van der Waals surface area contributed by atoms with E-state index < -0.39 is 6.10 Å². The second kappa shape index (κ2) is 69.1. The first-order valence-electron chi connectivity index (χ1n) is 36.0. The number of ether oxygens (including phenoxy) is 3. The molecular formula is C74H138O6. The van der Waals surface area contributed by atoms with E-state index >= 15 is 0 Å². The SMILES string of the molecule is CCCCCC/C=C\C/C=C\CCCCCCCC(=O)OC(COC(=O)CCCCCCC/C=C\CCCCCCCC)COC(=O)CCCCCCCCCCCCCCCCCCCCCCCCCCCCCCCCC. The van der Waals surface area contributed by atoms with Gasteiger partial charge >= 0.3 is 17.9 Å². The number of carbonyl (C=O) groups is 3. The molecule has 0 fully saturated rings. The summed E-state index contributed by atoms with van der Waals surface area (Å²) in [5, 5.41) is 0. The molecule has 0 amide bonds. The maximum absolute atomic E-state index is 12.9. The van der Waals surface area contributed by atoms with Crippen LogP contribution in [0.3, 0.4) is 0 Å². The van der Waals surface area contributed by atoms with Crippen LogP contribution < -0.4 is 0 Å². The Labute approximate surface area is 499 Å². The lowest BCUT2D eigenvalue weighted by Gasteiger charge is -2.18. The Morgan fingerprint density at radius 2 is 0.450 bits per heavy atom. The predicted octanol–water partition coefficient (Wildman–Crippen LogP) is 24.7. The molecule has 0 heterocycles. The third-order valence-corrected chi connectivity index (χ3v) is 16.4. The molecule has 1 atom stereocenters. The van der Waals surface area contributed by atoms with Crippen LogP contribution in [0.15, 0.2) is 36.5 Å². The molecule has 0 aliphatic carbocycles. The molecule has 1 unspecified atom stereocenters. The molecule has 0 aromatic carbocycles. The van der Waals surface area contributed by atoms with E-state index in [4.69, 9.17) is 14.2 Å². The van der Waals surface area contributed by atoms with E-state index in [0.717, 1.165) is 89.9 Å². The Morgan fingerprint density at radius 3 is 0.713 bits per heavy atom. The average molecular weight is 1120 g/mol. The standard InChI is InChI=1S/C74H138O6/c1-4-7-10-13-16-19-22-25-28-30-31-32-33-34-35-36-37-38-39-40-41-42-43-44-47-49-52-55-58-61-64-67-73(76)79-70-71(69-78-72(75)66-63-60-57-54-51-48-45-27-24-21-18-15-12-9-6-3)80-74(77)68-65-62-59-56-53-50-46-29-26-23-20-17-14-11-8-5-2/h20,23,27,29,45-46,71H,4-19,21-22,24-26,28,30-44,47-70H2,1-3H3/b23-20-,45-27-,46-29-. The molecule has 0 N–H and O–H groups in total. The highest BCUT2D eigenvalue weighted by Gasteiger charge is 2.19. The number of rotatable bonds is 67. The second-order valence-corrected chi connectivity index (χ2v) is 24.5. The Bertz CT molecular complexity index is 1340. The van der Waals surface area contributed by atoms with Gasteiger partial charge in [0.2, 0.25) is 0 Å². The predicted molar refractivity (Wildman–Crippen MR) is 349 cm³/mol. The monoisotopic (exact) mass is 1120 g/mol. The van der Waals surface area contributed by atoms with Crippen LogP contribution >= 0.6 is 0 Å². The van der Waals surface area contributed by atoms with Gasteiger partial charge in [-0.2, -0.15) is 0 Å². The van der Waals surface area contributed by atoms with Crippen molar-refractivity contribution in [2.75, 3.05) is 13.2 Å². The highest BCUT2D eigenvalue weighted by Crippen LogP contribution is 2.19. The van der Waals surface area contributed by atoms with Crippen molar-refractivity contribution in [3.05, 3.63) is 36.5 Å². The number of hydrogen-bond donors (Lipinski definition) is 0. The molecule has 6 nitrogen and oxygen atoms in total. The fourth-order valence-electron chi connectivity index (χ4n) is 10.9. The lowest BCUT2D eigenvalue weighted by molar-refractivity contribution is -0.167. The van der Waals surface area contributed by atoms with E-state index in [9.17, 15) is 14.4 Å². The van der Waals surface area contributed by atoms with Gasteiger partial charge < -0.3 is 14.2 Å². The number of carbonyl (C=O) groups excluding carboxylic acids is 3. The van der Waals surface area contributed by atoms with Crippen LogP contribution in [-0.2, 0) is 28.6 Å². The summed E-state index contributed by atoms with van der Waals surface area (Å²) in [5.41, 5.74) is 0. The molecule has 80 heavy (non-hydrogen) atoms. The lowest BCUT2D eigenvalue weighted by Crippen LogP contribution is -2.30. The zero-order chi connectivity index (χ0) is 57.8. The van der Waals surface area contributed by atoms with Crippen molar-refractivity contribution in [3.63, 3.8) is 0 Å². The van der Waals surface area contributed by atoms with E-state index in [1.807, 2.05) is 0 Å². The van der Waals surface area contributed by atoms with Crippen molar-refractivity contribution in [1.29, 1.82) is 0 Å². The van der Waals surface area contributed by atoms with Crippen LogP contribution in [0.2, 0.25) is 0 Å². The third kappa shape index (κ3) is 66.4. The average Bonchev–Trinajstić information content (AvgIpc) is 3.46. The van der Waals surface area contributed by atoms with Crippen LogP contribution in [0.4, 0.5) is 0 Å². The second-order valence-electron chi connectivity index (χ2n) is 24.5. The fourth-order valence-corrected chi connectivity index (χ4v) is 10.9. The molecule has 0 saturated carbocycles. The molecule has 470 valence electrons. The Hall–Kier alpha value is -2.37. The summed E-state index contributed by atoms with van der Waals surface area (Å²) in [6.07, 6.45) is 86.2. The van der Waals surface area contributed by atoms with Crippen LogP contribution in [-0.4, -0.2) is 37.2 Å². The quantitative estimate of drug-likeness (QED) is 0.0261. The first kappa shape index (κ1) is 77.6. The summed E-state index contributed by atoms with van der Waals surface area (Å²) in [7, 11) is 0. The third-order valence-electron chi connectivity index (χ3n) is 16.4. The highest BCUT2D eigenvalue weighted by atomic mass is 16.6. The highest BCUT2D eigenvalue weighted by molar-refractivity contribution is 5.71. The van der Waals surface area contributed by atoms with Crippen LogP contribution in [0.1, 0.15) is 400 Å². The number of hydrogen-bond acceptors (Lipinski definition) is 6. The minimum atomic E-state index is -0.782. The first-order valence-corrected chi connectivity index (χ1v) is 36.0. The van der Waals surface area contributed by atoms with E-state index in [0.29, 0.717) is 19.3 Å². The fraction of sp³-hybridized carbons (Fsp3) is 0.878. The smallest absolute Gasteiger partial charge is 0.306 e. The maximum Gasteiger partial charge on any atom is 0.306 e. The number of unbranched alkanes of at least 4 members (excludes halogenated alkanes) is 50. The van der Waals surface area contributed by atoms with Gasteiger partial charge in [0.05, 0.1) is 0 Å². The zero-order valence-corrected chi connectivity index (χ0v) is 54.1. The van der Waals surface area contributed by atoms with Gasteiger partial charge in [-0.1, -0.05) is 340 Å². The van der Waals surface area contributed by atoms with Gasteiger partial charge in [-0.25, -0.2) is 0 Å². The summed E-state index contributed by atoms with van der Waals surface area (Å²) >= 11 is 0. The normalized spacial score (nSPS) is 12.2. The lowest BCUT2D eigenvalue weighted by atomic mass is 10.0. The van der Waals surface area contributed by atoms with Crippen molar-refractivity contribution in [3.8, 4) is 0 Å². The summed E-state index contributed by atoms with van der Waals surface area (Å²) in [5.74, 6) is -0.873. The van der Waals surface area contributed by atoms with Gasteiger partial charge in [0, 0.05) is 19.3 Å². The van der Waals surface area contributed by atoms with E-state index in [2.05, 4.69) is 57.2 Å². The van der Waals surface area contributed by atoms with Gasteiger partial charge in [-0.05, 0) is 77.0 Å². The summed E-state index contributed by atoms with van der Waals surface area (Å²) in [6, 6.07) is 0. The molecular weight excluding hydrogens is 985 g/mol. The molecule has 0 rings (SSSR count). The molecule has 0 bridgehead atoms. The molecule has 0 saturated heterocycles. The molecule has 0 radical (unpaired) electrons. The van der Waals surface area contributed by atoms with Crippen molar-refractivity contribution in [2.45, 2.75) is 406 Å². The van der Waals surface area contributed by atoms with Crippen molar-refractivity contribution in [1.82, 2.24) is 0 Å². The molecule has 0 spiro atoms. The number of allylic oxidation sites excluding steroid dienone is 6. The molecule has 6 heteroatoms. The minimum absolute atomic E-state index is 0.0763. The van der Waals surface area contributed by atoms with Gasteiger partial charge in [-0.15, -0.1) is 0 Å². The Balaban J connectivity index is 4.16. The van der Waals surface area contributed by atoms with E-state index in [1.54, 1.807) is 0 Å². The Morgan fingerprint density at radius 1 is 0.250 bits per heavy atom. The van der Waals surface area contributed by atoms with E-state index in [-0.39, 0.29) is 31.1 Å². The summed E-state index contributed by atoms with van der Waals surface area (Å²) in [4.78, 5) is 38.4. The van der Waals surface area contributed by atoms with Gasteiger partial charge in [0.25, 0.3) is 0 Å². The van der Waals surface area contributed by atoms with Gasteiger partial charge in [0.1, 0.15) is 13.2 Å². The largest absolute Gasteiger partial charge is 0.462 e. The maximum atomic E-state index is 12.9. The molecule has 0 aromatic rings. The molecule has 0 aliphatic heterocycles. The number of esters is 3. The van der Waals surface area contributed by atoms with Crippen molar-refractivity contribution in [2.24, 2.45) is 0 Å². The van der Waals surface area contributed by atoms with Crippen LogP contribution in [0.5, 0.6) is 0 Å². The summed E-state index contributed by atoms with van der Waals surface area (Å²) in [6.45, 7) is 6.67. The van der Waals surface area contributed by atoms with Crippen molar-refractivity contribution >= 4 is 17.9 Å². The van der Waals surface area contributed by atoms with Crippen molar-refractivity contribution < 1.29 is 28.6 Å². The van der Waals surface area contributed by atoms with Crippen LogP contribution in [0, 0.1) is 0 Å². The van der Waals surface area contributed by atoms with Crippen LogP contribution in [0.25, 0.3) is 0 Å². The first-order chi connectivity index (χ1) is 39.5. The zero-order valence-electron chi connectivity index (χ0n) is 54.1. The van der Waals surface area contributed by atoms with E-state index in [1.165, 1.54) is 270 Å².